The van der Waals surface area contributed by atoms with Gasteiger partial charge in [-0.25, -0.2) is 9.37 Å². The predicted octanol–water partition coefficient (Wildman–Crippen LogP) is 2.01. The van der Waals surface area contributed by atoms with E-state index in [2.05, 4.69) is 4.98 Å². The van der Waals surface area contributed by atoms with Crippen LogP contribution in [0.1, 0.15) is 11.4 Å². The molecule has 0 unspecified atom stereocenters. The molecule has 0 bridgehead atoms. The van der Waals surface area contributed by atoms with Gasteiger partial charge in [0.15, 0.2) is 5.82 Å². The van der Waals surface area contributed by atoms with Crippen LogP contribution in [0.2, 0.25) is 0 Å². The van der Waals surface area contributed by atoms with Crippen LogP contribution >= 0.6 is 0 Å². The van der Waals surface area contributed by atoms with E-state index in [0.717, 1.165) is 23.4 Å². The van der Waals surface area contributed by atoms with Crippen molar-refractivity contribution >= 4 is 11.0 Å². The molecule has 0 N–H and O–H groups in total. The van der Waals surface area contributed by atoms with Crippen molar-refractivity contribution in [2.24, 2.45) is 0 Å². The molecule has 2 aromatic rings. The smallest absolute Gasteiger partial charge is 0.151 e. The van der Waals surface area contributed by atoms with Crippen LogP contribution in [-0.2, 0) is 17.9 Å². The van der Waals surface area contributed by atoms with Crippen molar-refractivity contribution in [3.05, 3.63) is 29.3 Å². The first-order valence-corrected chi connectivity index (χ1v) is 4.99. The highest BCUT2D eigenvalue weighted by molar-refractivity contribution is 5.77. The van der Waals surface area contributed by atoms with Gasteiger partial charge in [-0.05, 0) is 24.6 Å². The van der Waals surface area contributed by atoms with Gasteiger partial charge in [0.05, 0.1) is 12.1 Å². The summed E-state index contributed by atoms with van der Waals surface area (Å²) in [5.74, 6) is 0.577. The summed E-state index contributed by atoms with van der Waals surface area (Å²) in [5.41, 5.74) is 2.26. The molecule has 1 aromatic carbocycles. The quantitative estimate of drug-likeness (QED) is 0.659. The average Bonchev–Trinajstić information content (AvgIpc) is 2.57. The molecule has 15 heavy (non-hydrogen) atoms. The van der Waals surface area contributed by atoms with E-state index < -0.39 is 0 Å². The summed E-state index contributed by atoms with van der Waals surface area (Å²) in [5, 5.41) is 0. The summed E-state index contributed by atoms with van der Waals surface area (Å²) in [6, 6.07) is 3.49. The molecule has 0 amide bonds. The third-order valence-electron chi connectivity index (χ3n) is 2.72. The lowest BCUT2D eigenvalue weighted by molar-refractivity contribution is 0.0830. The zero-order chi connectivity index (χ0) is 10.4. The number of hydrogen-bond acceptors (Lipinski definition) is 2. The largest absolute Gasteiger partial charge is 0.372 e. The maximum atomic E-state index is 13.6. The topological polar surface area (TPSA) is 27.1 Å². The Morgan fingerprint density at radius 3 is 3.20 bits per heavy atom. The van der Waals surface area contributed by atoms with Crippen molar-refractivity contribution in [2.45, 2.75) is 20.1 Å². The second-order valence-corrected chi connectivity index (χ2v) is 3.85. The van der Waals surface area contributed by atoms with E-state index in [1.807, 2.05) is 17.6 Å². The van der Waals surface area contributed by atoms with Gasteiger partial charge in [0.25, 0.3) is 0 Å². The molecule has 0 fully saturated rings. The van der Waals surface area contributed by atoms with Gasteiger partial charge in [0.2, 0.25) is 0 Å². The Morgan fingerprint density at radius 1 is 1.47 bits per heavy atom. The molecular weight excluding hydrogens is 195 g/mol. The molecule has 3 nitrogen and oxygen atoms in total. The van der Waals surface area contributed by atoms with Crippen molar-refractivity contribution < 1.29 is 9.13 Å². The van der Waals surface area contributed by atoms with Crippen molar-refractivity contribution in [3.8, 4) is 0 Å². The predicted molar refractivity (Wildman–Crippen MR) is 54.1 cm³/mol. The zero-order valence-electron chi connectivity index (χ0n) is 8.46. The fourth-order valence-electron chi connectivity index (χ4n) is 2.04. The summed E-state index contributed by atoms with van der Waals surface area (Å²) in [4.78, 5) is 4.26. The first-order chi connectivity index (χ1) is 7.25. The molecule has 0 saturated carbocycles. The van der Waals surface area contributed by atoms with E-state index in [4.69, 9.17) is 4.74 Å². The van der Waals surface area contributed by atoms with Crippen LogP contribution in [0.15, 0.2) is 12.1 Å². The Kier molecular flexibility index (Phi) is 1.79. The van der Waals surface area contributed by atoms with Crippen molar-refractivity contribution in [1.29, 1.82) is 0 Å². The highest BCUT2D eigenvalue weighted by Crippen LogP contribution is 2.23. The number of benzene rings is 1. The van der Waals surface area contributed by atoms with Crippen molar-refractivity contribution in [2.75, 3.05) is 6.61 Å². The Morgan fingerprint density at radius 2 is 2.33 bits per heavy atom. The monoisotopic (exact) mass is 206 g/mol. The maximum Gasteiger partial charge on any atom is 0.151 e. The summed E-state index contributed by atoms with van der Waals surface area (Å²) in [7, 11) is 0. The molecule has 78 valence electrons. The fourth-order valence-corrected chi connectivity index (χ4v) is 2.04. The number of rotatable bonds is 0. The van der Waals surface area contributed by atoms with Crippen LogP contribution in [0.3, 0.4) is 0 Å². The second kappa shape index (κ2) is 3.03. The number of hydrogen-bond donors (Lipinski definition) is 0. The standard InChI is InChI=1S/C11H11FN2O/c1-7-4-8(12)11-9(5-7)14-2-3-15-6-10(14)13-11/h4-5H,2-3,6H2,1H3. The molecule has 4 heteroatoms. The van der Waals surface area contributed by atoms with Gasteiger partial charge in [-0.3, -0.25) is 0 Å². The van der Waals surface area contributed by atoms with E-state index >= 15 is 0 Å². The summed E-state index contributed by atoms with van der Waals surface area (Å²) in [6.07, 6.45) is 0. The van der Waals surface area contributed by atoms with Crippen LogP contribution < -0.4 is 0 Å². The van der Waals surface area contributed by atoms with Crippen LogP contribution in [0, 0.1) is 12.7 Å². The first kappa shape index (κ1) is 8.85. The van der Waals surface area contributed by atoms with E-state index in [-0.39, 0.29) is 5.82 Å². The van der Waals surface area contributed by atoms with Gasteiger partial charge in [-0.1, -0.05) is 0 Å². The molecule has 2 heterocycles. The zero-order valence-corrected chi connectivity index (χ0v) is 8.46. The average molecular weight is 206 g/mol. The number of imidazole rings is 1. The third-order valence-corrected chi connectivity index (χ3v) is 2.72. The van der Waals surface area contributed by atoms with E-state index in [1.54, 1.807) is 0 Å². The fraction of sp³-hybridized carbons (Fsp3) is 0.364. The second-order valence-electron chi connectivity index (χ2n) is 3.85. The van der Waals surface area contributed by atoms with Crippen molar-refractivity contribution in [3.63, 3.8) is 0 Å². The molecule has 3 rings (SSSR count). The lowest BCUT2D eigenvalue weighted by atomic mass is 10.2. The number of ether oxygens (including phenoxy) is 1. The van der Waals surface area contributed by atoms with Crippen molar-refractivity contribution in [1.82, 2.24) is 9.55 Å². The van der Waals surface area contributed by atoms with Gasteiger partial charge < -0.3 is 9.30 Å². The highest BCUT2D eigenvalue weighted by Gasteiger charge is 2.17. The van der Waals surface area contributed by atoms with Crippen LogP contribution in [-0.4, -0.2) is 16.2 Å². The van der Waals surface area contributed by atoms with Gasteiger partial charge in [-0.15, -0.1) is 0 Å². The molecule has 1 aliphatic heterocycles. The Bertz CT molecular complexity index is 533. The number of nitrogens with zero attached hydrogens (tertiary/aromatic N) is 2. The molecule has 0 spiro atoms. The lowest BCUT2D eigenvalue weighted by Crippen LogP contribution is -2.16. The van der Waals surface area contributed by atoms with Crippen LogP contribution in [0.5, 0.6) is 0 Å². The summed E-state index contributed by atoms with van der Waals surface area (Å²) < 4.78 is 20.9. The summed E-state index contributed by atoms with van der Waals surface area (Å²) in [6.45, 7) is 3.80. The Hall–Kier alpha value is -1.42. The highest BCUT2D eigenvalue weighted by atomic mass is 19.1. The first-order valence-electron chi connectivity index (χ1n) is 4.99. The minimum atomic E-state index is -0.244. The minimum absolute atomic E-state index is 0.244. The summed E-state index contributed by atoms with van der Waals surface area (Å²) >= 11 is 0. The minimum Gasteiger partial charge on any atom is -0.372 e. The molecule has 0 aliphatic carbocycles. The molecule has 0 radical (unpaired) electrons. The molecule has 0 saturated heterocycles. The molecule has 0 atom stereocenters. The molecular formula is C11H11FN2O. The Labute approximate surface area is 86.5 Å². The third kappa shape index (κ3) is 1.25. The normalized spacial score (nSPS) is 15.6. The maximum absolute atomic E-state index is 13.6. The van der Waals surface area contributed by atoms with Crippen LogP contribution in [0.25, 0.3) is 11.0 Å². The van der Waals surface area contributed by atoms with Gasteiger partial charge in [0, 0.05) is 6.54 Å². The lowest BCUT2D eigenvalue weighted by Gasteiger charge is -2.14. The number of fused-ring (bicyclic) bond motifs is 3. The number of halogens is 1. The molecule has 1 aromatic heterocycles. The van der Waals surface area contributed by atoms with Crippen LogP contribution in [0.4, 0.5) is 4.39 Å². The SMILES string of the molecule is Cc1cc(F)c2nc3n(c2c1)CCOC3. The van der Waals surface area contributed by atoms with Gasteiger partial charge in [-0.2, -0.15) is 0 Å². The number of aryl methyl sites for hydroxylation is 1. The number of aromatic nitrogens is 2. The van der Waals surface area contributed by atoms with E-state index in [1.165, 1.54) is 6.07 Å². The Balaban J connectivity index is 2.37. The van der Waals surface area contributed by atoms with Gasteiger partial charge >= 0.3 is 0 Å². The molecule has 1 aliphatic rings. The van der Waals surface area contributed by atoms with E-state index in [9.17, 15) is 4.39 Å². The van der Waals surface area contributed by atoms with Gasteiger partial charge in [0.1, 0.15) is 17.9 Å². The van der Waals surface area contributed by atoms with E-state index in [0.29, 0.717) is 18.7 Å².